The van der Waals surface area contributed by atoms with Gasteiger partial charge >= 0.3 is 5.97 Å². The molecule has 11 heteroatoms. The number of aryl methyl sites for hydroxylation is 1. The van der Waals surface area contributed by atoms with Gasteiger partial charge in [-0.1, -0.05) is 29.8 Å². The summed E-state index contributed by atoms with van der Waals surface area (Å²) in [6, 6.07) is 11.4. The summed E-state index contributed by atoms with van der Waals surface area (Å²) in [7, 11) is 1.43. The molecule has 2 heterocycles. The molecule has 0 spiro atoms. The van der Waals surface area contributed by atoms with Crippen molar-refractivity contribution < 1.29 is 14.3 Å². The maximum absolute atomic E-state index is 12.6. The van der Waals surface area contributed by atoms with Crippen LogP contribution in [0.25, 0.3) is 16.5 Å². The number of benzene rings is 2. The SMILES string of the molecule is Cn1nc(C(=O)OCC(=O)Nc2cc(Cl)ccc2-n2cncn2)c2ccccc2c1=O. The first-order chi connectivity index (χ1) is 14.9. The molecule has 0 bridgehead atoms. The van der Waals surface area contributed by atoms with Gasteiger partial charge in [0.05, 0.1) is 16.8 Å². The number of anilines is 1. The van der Waals surface area contributed by atoms with Gasteiger partial charge in [-0.3, -0.25) is 9.59 Å². The standard InChI is InChI=1S/C20H15ClN6O4/c1-26-19(29)14-5-3-2-4-13(14)18(25-26)20(30)31-9-17(28)24-15-8-12(21)6-7-16(15)27-11-22-10-23-27/h2-8,10-11H,9H2,1H3,(H,24,28). The fourth-order valence-corrected chi connectivity index (χ4v) is 3.15. The van der Waals surface area contributed by atoms with Crippen molar-refractivity contribution in [1.29, 1.82) is 0 Å². The third-order valence-corrected chi connectivity index (χ3v) is 4.62. The molecule has 0 aliphatic heterocycles. The van der Waals surface area contributed by atoms with Crippen LogP contribution >= 0.6 is 11.6 Å². The zero-order valence-electron chi connectivity index (χ0n) is 16.2. The zero-order chi connectivity index (χ0) is 22.0. The maximum atomic E-state index is 12.6. The Balaban J connectivity index is 1.51. The molecule has 2 aromatic carbocycles. The number of fused-ring (bicyclic) bond motifs is 1. The number of amides is 1. The van der Waals surface area contributed by atoms with E-state index >= 15 is 0 Å². The summed E-state index contributed by atoms with van der Waals surface area (Å²) >= 11 is 6.03. The van der Waals surface area contributed by atoms with Gasteiger partial charge in [0, 0.05) is 17.5 Å². The molecule has 0 saturated heterocycles. The molecule has 31 heavy (non-hydrogen) atoms. The highest BCUT2D eigenvalue weighted by molar-refractivity contribution is 6.31. The molecule has 0 aliphatic rings. The van der Waals surface area contributed by atoms with E-state index in [1.165, 1.54) is 24.4 Å². The van der Waals surface area contributed by atoms with E-state index in [-0.39, 0.29) is 11.3 Å². The number of carbonyl (C=O) groups is 2. The van der Waals surface area contributed by atoms with E-state index < -0.39 is 18.5 Å². The molecule has 1 N–H and O–H groups in total. The van der Waals surface area contributed by atoms with Crippen molar-refractivity contribution in [3.63, 3.8) is 0 Å². The summed E-state index contributed by atoms with van der Waals surface area (Å²) in [6.07, 6.45) is 2.82. The summed E-state index contributed by atoms with van der Waals surface area (Å²) in [4.78, 5) is 41.0. The third kappa shape index (κ3) is 4.14. The minimum Gasteiger partial charge on any atom is -0.451 e. The normalized spacial score (nSPS) is 10.8. The summed E-state index contributed by atoms with van der Waals surface area (Å²) < 4.78 is 7.64. The molecule has 2 aromatic heterocycles. The molecule has 10 nitrogen and oxygen atoms in total. The third-order valence-electron chi connectivity index (χ3n) is 4.38. The number of nitrogens with zero attached hydrogens (tertiary/aromatic N) is 5. The highest BCUT2D eigenvalue weighted by Gasteiger charge is 2.19. The molecule has 4 aromatic rings. The van der Waals surface area contributed by atoms with Gasteiger partial charge in [-0.05, 0) is 24.3 Å². The lowest BCUT2D eigenvalue weighted by Gasteiger charge is -2.12. The van der Waals surface area contributed by atoms with Gasteiger partial charge in [-0.2, -0.15) is 10.2 Å². The average Bonchev–Trinajstić information content (AvgIpc) is 3.29. The number of hydrogen-bond donors (Lipinski definition) is 1. The predicted molar refractivity (Wildman–Crippen MR) is 112 cm³/mol. The van der Waals surface area contributed by atoms with Gasteiger partial charge in [0.1, 0.15) is 12.7 Å². The first kappa shape index (κ1) is 20.2. The molecular formula is C20H15ClN6O4. The van der Waals surface area contributed by atoms with E-state index in [0.29, 0.717) is 27.2 Å². The first-order valence-electron chi connectivity index (χ1n) is 9.01. The van der Waals surface area contributed by atoms with Gasteiger partial charge in [0.15, 0.2) is 12.3 Å². The van der Waals surface area contributed by atoms with Gasteiger partial charge in [-0.25, -0.2) is 19.1 Å². The van der Waals surface area contributed by atoms with E-state index in [1.807, 2.05) is 0 Å². The first-order valence-corrected chi connectivity index (χ1v) is 9.39. The van der Waals surface area contributed by atoms with Gasteiger partial charge < -0.3 is 10.1 Å². The Hall–Kier alpha value is -4.05. The van der Waals surface area contributed by atoms with Crippen LogP contribution < -0.4 is 10.9 Å². The number of hydrogen-bond acceptors (Lipinski definition) is 7. The van der Waals surface area contributed by atoms with Gasteiger partial charge in [0.2, 0.25) is 0 Å². The molecule has 4 rings (SSSR count). The average molecular weight is 439 g/mol. The molecule has 156 valence electrons. The van der Waals surface area contributed by atoms with Crippen LogP contribution in [0, 0.1) is 0 Å². The Morgan fingerprint density at radius 3 is 2.68 bits per heavy atom. The van der Waals surface area contributed by atoms with Crippen molar-refractivity contribution in [2.24, 2.45) is 7.05 Å². The Morgan fingerprint density at radius 2 is 1.94 bits per heavy atom. The number of halogens is 1. The van der Waals surface area contributed by atoms with Crippen LogP contribution in [-0.2, 0) is 16.6 Å². The Bertz CT molecular complexity index is 1350. The smallest absolute Gasteiger partial charge is 0.359 e. The van der Waals surface area contributed by atoms with Crippen LogP contribution in [0.3, 0.4) is 0 Å². The molecule has 0 unspecified atom stereocenters. The van der Waals surface area contributed by atoms with E-state index in [9.17, 15) is 14.4 Å². The van der Waals surface area contributed by atoms with Crippen LogP contribution in [-0.4, -0.2) is 43.0 Å². The maximum Gasteiger partial charge on any atom is 0.359 e. The van der Waals surface area contributed by atoms with Crippen molar-refractivity contribution in [3.8, 4) is 5.69 Å². The zero-order valence-corrected chi connectivity index (χ0v) is 16.9. The summed E-state index contributed by atoms with van der Waals surface area (Å²) in [5, 5.41) is 11.7. The minimum absolute atomic E-state index is 0.0587. The predicted octanol–water partition coefficient (Wildman–Crippen LogP) is 1.96. The fourth-order valence-electron chi connectivity index (χ4n) is 2.98. The van der Waals surface area contributed by atoms with Crippen LogP contribution in [0.1, 0.15) is 10.5 Å². The summed E-state index contributed by atoms with van der Waals surface area (Å²) in [6.45, 7) is -0.568. The summed E-state index contributed by atoms with van der Waals surface area (Å²) in [5.41, 5.74) is 0.500. The summed E-state index contributed by atoms with van der Waals surface area (Å²) in [5.74, 6) is -1.42. The van der Waals surface area contributed by atoms with Gasteiger partial charge in [-0.15, -0.1) is 0 Å². The monoisotopic (exact) mass is 438 g/mol. The second-order valence-corrected chi connectivity index (χ2v) is 6.89. The van der Waals surface area contributed by atoms with Crippen molar-refractivity contribution in [2.45, 2.75) is 0 Å². The number of rotatable bonds is 5. The van der Waals surface area contributed by atoms with Crippen LogP contribution in [0.5, 0.6) is 0 Å². The number of nitrogens with one attached hydrogen (secondary N) is 1. The molecule has 0 radical (unpaired) electrons. The number of ether oxygens (including phenoxy) is 1. The molecule has 0 aliphatic carbocycles. The lowest BCUT2D eigenvalue weighted by molar-refractivity contribution is -0.119. The molecule has 1 amide bonds. The molecule has 0 fully saturated rings. The van der Waals surface area contributed by atoms with Crippen LogP contribution in [0.4, 0.5) is 5.69 Å². The highest BCUT2D eigenvalue weighted by Crippen LogP contribution is 2.24. The molecule has 0 atom stereocenters. The lowest BCUT2D eigenvalue weighted by atomic mass is 10.1. The fraction of sp³-hybridized carbons (Fsp3) is 0.100. The number of carbonyl (C=O) groups excluding carboxylic acids is 2. The Kier molecular flexibility index (Phi) is 5.46. The van der Waals surface area contributed by atoms with E-state index in [2.05, 4.69) is 20.5 Å². The second-order valence-electron chi connectivity index (χ2n) is 6.45. The van der Waals surface area contributed by atoms with E-state index in [4.69, 9.17) is 16.3 Å². The number of esters is 1. The Labute approximate surface area is 180 Å². The van der Waals surface area contributed by atoms with Crippen LogP contribution in [0.15, 0.2) is 59.9 Å². The van der Waals surface area contributed by atoms with Crippen molar-refractivity contribution in [2.75, 3.05) is 11.9 Å². The van der Waals surface area contributed by atoms with Crippen molar-refractivity contribution in [1.82, 2.24) is 24.5 Å². The van der Waals surface area contributed by atoms with Gasteiger partial charge in [0.25, 0.3) is 11.5 Å². The van der Waals surface area contributed by atoms with E-state index in [1.54, 1.807) is 42.5 Å². The van der Waals surface area contributed by atoms with Crippen molar-refractivity contribution in [3.05, 3.63) is 76.2 Å². The Morgan fingerprint density at radius 1 is 1.16 bits per heavy atom. The highest BCUT2D eigenvalue weighted by atomic mass is 35.5. The number of aromatic nitrogens is 5. The minimum atomic E-state index is -0.829. The molecule has 0 saturated carbocycles. The largest absolute Gasteiger partial charge is 0.451 e. The second kappa shape index (κ2) is 8.36. The molecular weight excluding hydrogens is 424 g/mol. The van der Waals surface area contributed by atoms with Crippen molar-refractivity contribution >= 4 is 39.9 Å². The van der Waals surface area contributed by atoms with E-state index in [0.717, 1.165) is 4.68 Å². The topological polar surface area (TPSA) is 121 Å². The van der Waals surface area contributed by atoms with Crippen LogP contribution in [0.2, 0.25) is 5.02 Å². The quantitative estimate of drug-likeness (QED) is 0.473. The lowest BCUT2D eigenvalue weighted by Crippen LogP contribution is -2.26.